The summed E-state index contributed by atoms with van der Waals surface area (Å²) >= 11 is 3.39. The number of carbonyl (C=O) groups is 1. The predicted molar refractivity (Wildman–Crippen MR) is 98.0 cm³/mol. The number of hydrogen-bond acceptors (Lipinski definition) is 1. The van der Waals surface area contributed by atoms with E-state index in [9.17, 15) is 4.79 Å². The molecule has 2 aromatic carbocycles. The molecule has 0 aliphatic rings. The Bertz CT molecular complexity index is 867. The normalized spacial score (nSPS) is 10.9. The highest BCUT2D eigenvalue weighted by Gasteiger charge is 2.10. The standard InChI is InChI=1S/C19H19BrN2O/c1-12-6-7-18-17(10-12)16(13(2)22-18)8-9-21-19(23)14-4-3-5-15(20)11-14/h3-7,10-11,22H,8-9H2,1-2H3,(H,21,23). The molecule has 0 bridgehead atoms. The van der Waals surface area contributed by atoms with Gasteiger partial charge in [0.25, 0.3) is 5.91 Å². The molecular formula is C19H19BrN2O. The molecule has 23 heavy (non-hydrogen) atoms. The summed E-state index contributed by atoms with van der Waals surface area (Å²) in [4.78, 5) is 15.6. The number of hydrogen-bond donors (Lipinski definition) is 2. The van der Waals surface area contributed by atoms with Gasteiger partial charge in [-0.05, 0) is 56.2 Å². The summed E-state index contributed by atoms with van der Waals surface area (Å²) in [5.74, 6) is -0.0417. The molecule has 0 fully saturated rings. The van der Waals surface area contributed by atoms with Crippen LogP contribution in [0.2, 0.25) is 0 Å². The van der Waals surface area contributed by atoms with Crippen molar-refractivity contribution >= 4 is 32.7 Å². The lowest BCUT2D eigenvalue weighted by Gasteiger charge is -2.06. The predicted octanol–water partition coefficient (Wildman–Crippen LogP) is 4.52. The number of fused-ring (bicyclic) bond motifs is 1. The lowest BCUT2D eigenvalue weighted by molar-refractivity contribution is 0.0954. The second-order valence-corrected chi connectivity index (χ2v) is 6.71. The van der Waals surface area contributed by atoms with Gasteiger partial charge in [0.1, 0.15) is 0 Å². The first-order chi connectivity index (χ1) is 11.0. The number of nitrogens with one attached hydrogen (secondary N) is 2. The third-order valence-electron chi connectivity index (χ3n) is 4.02. The van der Waals surface area contributed by atoms with Crippen molar-refractivity contribution in [1.29, 1.82) is 0 Å². The summed E-state index contributed by atoms with van der Waals surface area (Å²) in [6.45, 7) is 4.80. The molecule has 0 unspecified atom stereocenters. The zero-order valence-corrected chi connectivity index (χ0v) is 14.8. The van der Waals surface area contributed by atoms with Gasteiger partial charge in [-0.2, -0.15) is 0 Å². The Morgan fingerprint density at radius 1 is 1.17 bits per heavy atom. The number of aromatic amines is 1. The molecule has 118 valence electrons. The van der Waals surface area contributed by atoms with Crippen LogP contribution >= 0.6 is 15.9 Å². The van der Waals surface area contributed by atoms with Gasteiger partial charge in [-0.15, -0.1) is 0 Å². The Hall–Kier alpha value is -2.07. The summed E-state index contributed by atoms with van der Waals surface area (Å²) < 4.78 is 0.910. The maximum atomic E-state index is 12.2. The summed E-state index contributed by atoms with van der Waals surface area (Å²) in [6, 6.07) is 13.8. The summed E-state index contributed by atoms with van der Waals surface area (Å²) in [5.41, 5.74) is 5.52. The van der Waals surface area contributed by atoms with E-state index in [1.54, 1.807) is 0 Å². The van der Waals surface area contributed by atoms with E-state index in [0.29, 0.717) is 12.1 Å². The molecule has 0 atom stereocenters. The Labute approximate surface area is 144 Å². The van der Waals surface area contributed by atoms with Crippen LogP contribution in [0.5, 0.6) is 0 Å². The molecular weight excluding hydrogens is 352 g/mol. The molecule has 0 aliphatic heterocycles. The highest BCUT2D eigenvalue weighted by Crippen LogP contribution is 2.23. The fourth-order valence-electron chi connectivity index (χ4n) is 2.85. The van der Waals surface area contributed by atoms with E-state index in [0.717, 1.165) is 16.4 Å². The minimum Gasteiger partial charge on any atom is -0.358 e. The molecule has 0 saturated carbocycles. The Morgan fingerprint density at radius 2 is 2.00 bits per heavy atom. The molecule has 0 spiro atoms. The number of aromatic nitrogens is 1. The van der Waals surface area contributed by atoms with E-state index >= 15 is 0 Å². The first-order valence-electron chi connectivity index (χ1n) is 7.66. The van der Waals surface area contributed by atoms with Gasteiger partial charge in [-0.25, -0.2) is 0 Å². The van der Waals surface area contributed by atoms with Crippen LogP contribution in [0, 0.1) is 13.8 Å². The first kappa shape index (κ1) is 15.8. The number of benzene rings is 2. The van der Waals surface area contributed by atoms with Gasteiger partial charge in [0, 0.05) is 33.2 Å². The van der Waals surface area contributed by atoms with Crippen molar-refractivity contribution in [3.05, 3.63) is 69.3 Å². The molecule has 3 nitrogen and oxygen atoms in total. The topological polar surface area (TPSA) is 44.9 Å². The van der Waals surface area contributed by atoms with Crippen molar-refractivity contribution in [2.24, 2.45) is 0 Å². The van der Waals surface area contributed by atoms with Crippen LogP contribution in [-0.2, 0) is 6.42 Å². The van der Waals surface area contributed by atoms with Gasteiger partial charge in [0.05, 0.1) is 0 Å². The molecule has 1 aromatic heterocycles. The van der Waals surface area contributed by atoms with Crippen LogP contribution in [0.1, 0.15) is 27.2 Å². The van der Waals surface area contributed by atoms with Crippen molar-refractivity contribution in [1.82, 2.24) is 10.3 Å². The lowest BCUT2D eigenvalue weighted by atomic mass is 10.1. The SMILES string of the molecule is Cc1ccc2[nH]c(C)c(CCNC(=O)c3cccc(Br)c3)c2c1. The van der Waals surface area contributed by atoms with Crippen molar-refractivity contribution in [2.45, 2.75) is 20.3 Å². The Balaban J connectivity index is 1.70. The van der Waals surface area contributed by atoms with E-state index in [1.165, 1.54) is 22.2 Å². The van der Waals surface area contributed by atoms with E-state index in [1.807, 2.05) is 24.3 Å². The van der Waals surface area contributed by atoms with Crippen LogP contribution in [0.4, 0.5) is 0 Å². The van der Waals surface area contributed by atoms with Crippen LogP contribution < -0.4 is 5.32 Å². The fraction of sp³-hybridized carbons (Fsp3) is 0.211. The average Bonchev–Trinajstić information content (AvgIpc) is 2.83. The third-order valence-corrected chi connectivity index (χ3v) is 4.52. The van der Waals surface area contributed by atoms with Crippen molar-refractivity contribution in [2.75, 3.05) is 6.54 Å². The van der Waals surface area contributed by atoms with Crippen molar-refractivity contribution in [3.63, 3.8) is 0 Å². The lowest BCUT2D eigenvalue weighted by Crippen LogP contribution is -2.25. The average molecular weight is 371 g/mol. The highest BCUT2D eigenvalue weighted by atomic mass is 79.9. The second kappa shape index (κ2) is 6.59. The van der Waals surface area contributed by atoms with E-state index in [4.69, 9.17) is 0 Å². The van der Waals surface area contributed by atoms with Gasteiger partial charge < -0.3 is 10.3 Å². The summed E-state index contributed by atoms with van der Waals surface area (Å²) in [6.07, 6.45) is 0.815. The fourth-order valence-corrected chi connectivity index (χ4v) is 3.25. The molecule has 2 N–H and O–H groups in total. The quantitative estimate of drug-likeness (QED) is 0.696. The summed E-state index contributed by atoms with van der Waals surface area (Å²) in [5, 5.41) is 4.25. The number of amides is 1. The van der Waals surface area contributed by atoms with Gasteiger partial charge >= 0.3 is 0 Å². The Morgan fingerprint density at radius 3 is 2.78 bits per heavy atom. The largest absolute Gasteiger partial charge is 0.358 e. The number of H-pyrrole nitrogens is 1. The molecule has 1 heterocycles. The van der Waals surface area contributed by atoms with E-state index < -0.39 is 0 Å². The van der Waals surface area contributed by atoms with Gasteiger partial charge in [-0.3, -0.25) is 4.79 Å². The molecule has 1 amide bonds. The van der Waals surface area contributed by atoms with Gasteiger partial charge in [0.2, 0.25) is 0 Å². The minimum atomic E-state index is -0.0417. The smallest absolute Gasteiger partial charge is 0.251 e. The van der Waals surface area contributed by atoms with E-state index in [2.05, 4.69) is 58.3 Å². The van der Waals surface area contributed by atoms with Crippen LogP contribution in [0.25, 0.3) is 10.9 Å². The van der Waals surface area contributed by atoms with Crippen LogP contribution in [0.15, 0.2) is 46.9 Å². The first-order valence-corrected chi connectivity index (χ1v) is 8.45. The maximum absolute atomic E-state index is 12.2. The second-order valence-electron chi connectivity index (χ2n) is 5.79. The van der Waals surface area contributed by atoms with Crippen LogP contribution in [0.3, 0.4) is 0 Å². The molecule has 0 saturated heterocycles. The number of halogens is 1. The van der Waals surface area contributed by atoms with E-state index in [-0.39, 0.29) is 5.91 Å². The van der Waals surface area contributed by atoms with Crippen molar-refractivity contribution in [3.8, 4) is 0 Å². The number of aryl methyl sites for hydroxylation is 2. The maximum Gasteiger partial charge on any atom is 0.251 e. The molecule has 0 radical (unpaired) electrons. The molecule has 3 aromatic rings. The summed E-state index contributed by atoms with van der Waals surface area (Å²) in [7, 11) is 0. The molecule has 0 aliphatic carbocycles. The zero-order chi connectivity index (χ0) is 16.4. The highest BCUT2D eigenvalue weighted by molar-refractivity contribution is 9.10. The minimum absolute atomic E-state index is 0.0417. The Kier molecular flexibility index (Phi) is 4.53. The molecule has 3 rings (SSSR count). The molecule has 4 heteroatoms. The zero-order valence-electron chi connectivity index (χ0n) is 13.2. The van der Waals surface area contributed by atoms with Crippen molar-refractivity contribution < 1.29 is 4.79 Å². The number of carbonyl (C=O) groups excluding carboxylic acids is 1. The monoisotopic (exact) mass is 370 g/mol. The number of rotatable bonds is 4. The van der Waals surface area contributed by atoms with Gasteiger partial charge in [0.15, 0.2) is 0 Å². The van der Waals surface area contributed by atoms with Gasteiger partial charge in [-0.1, -0.05) is 33.6 Å². The third kappa shape index (κ3) is 3.48. The van der Waals surface area contributed by atoms with Crippen LogP contribution in [-0.4, -0.2) is 17.4 Å².